The highest BCUT2D eigenvalue weighted by Gasteiger charge is 2.45. The molecule has 2 heterocycles. The van der Waals surface area contributed by atoms with E-state index >= 15 is 0 Å². The monoisotopic (exact) mass is 538 g/mol. The van der Waals surface area contributed by atoms with Gasteiger partial charge in [-0.05, 0) is 48.7 Å². The van der Waals surface area contributed by atoms with Gasteiger partial charge in [0.05, 0.1) is 6.04 Å². The molecule has 3 aromatic rings. The Bertz CT molecular complexity index is 1350. The first kappa shape index (κ1) is 27.6. The third kappa shape index (κ3) is 6.61. The van der Waals surface area contributed by atoms with Gasteiger partial charge in [0.1, 0.15) is 13.2 Å². The van der Waals surface area contributed by atoms with Gasteiger partial charge in [0.25, 0.3) is 0 Å². The molecule has 40 heavy (non-hydrogen) atoms. The first-order valence-electron chi connectivity index (χ1n) is 14.0. The van der Waals surface area contributed by atoms with E-state index < -0.39 is 0 Å². The van der Waals surface area contributed by atoms with E-state index in [0.29, 0.717) is 49.8 Å². The largest absolute Gasteiger partial charge is 0.473 e. The van der Waals surface area contributed by atoms with Crippen LogP contribution in [0.3, 0.4) is 0 Å². The predicted octanol–water partition coefficient (Wildman–Crippen LogP) is 5.02. The van der Waals surface area contributed by atoms with Crippen LogP contribution in [0.1, 0.15) is 25.8 Å². The van der Waals surface area contributed by atoms with Gasteiger partial charge in [-0.3, -0.25) is 9.69 Å². The van der Waals surface area contributed by atoms with E-state index in [1.807, 2.05) is 74.5 Å². The number of hydrogen-bond donors (Lipinski definition) is 1. The van der Waals surface area contributed by atoms with Crippen molar-refractivity contribution < 1.29 is 14.3 Å². The summed E-state index contributed by atoms with van der Waals surface area (Å²) in [5, 5.41) is 0. The van der Waals surface area contributed by atoms with Gasteiger partial charge >= 0.3 is 0 Å². The summed E-state index contributed by atoms with van der Waals surface area (Å²) in [6.45, 7) is 8.01. The number of carbonyl (C=O) groups is 1. The van der Waals surface area contributed by atoms with Gasteiger partial charge in [-0.25, -0.2) is 0 Å². The summed E-state index contributed by atoms with van der Waals surface area (Å²) in [7, 11) is 0. The zero-order chi connectivity index (χ0) is 27.9. The van der Waals surface area contributed by atoms with Crippen molar-refractivity contribution in [2.45, 2.75) is 39.0 Å². The summed E-state index contributed by atoms with van der Waals surface area (Å²) in [5.74, 6) is 1.40. The lowest BCUT2D eigenvalue weighted by atomic mass is 10.0. The fourth-order valence-electron chi connectivity index (χ4n) is 5.06. The number of benzene rings is 2. The van der Waals surface area contributed by atoms with E-state index in [1.165, 1.54) is 0 Å². The SMILES string of the molecule is C/C=C\C(=C/C)COc1ccc(-c2ccc(N3CC(N(CCN)C4CC4=O)C3)cc2)c(OCc2ccccc2)n1. The molecule has 2 N–H and O–H groups in total. The number of carbonyl (C=O) groups excluding carboxylic acids is 1. The van der Waals surface area contributed by atoms with Crippen LogP contribution in [0.2, 0.25) is 0 Å². The van der Waals surface area contributed by atoms with Gasteiger partial charge in [0.2, 0.25) is 11.8 Å². The summed E-state index contributed by atoms with van der Waals surface area (Å²) in [6.07, 6.45) is 6.73. The van der Waals surface area contributed by atoms with Gasteiger partial charge in [-0.1, -0.05) is 60.7 Å². The van der Waals surface area contributed by atoms with Crippen LogP contribution < -0.4 is 20.1 Å². The highest BCUT2D eigenvalue weighted by Crippen LogP contribution is 2.34. The van der Waals surface area contributed by atoms with Crippen LogP contribution in [-0.2, 0) is 11.4 Å². The van der Waals surface area contributed by atoms with E-state index in [2.05, 4.69) is 34.1 Å². The quantitative estimate of drug-likeness (QED) is 0.306. The van der Waals surface area contributed by atoms with Crippen LogP contribution in [-0.4, -0.2) is 60.5 Å². The minimum atomic E-state index is 0.0829. The normalized spacial score (nSPS) is 17.4. The molecule has 1 aromatic heterocycles. The van der Waals surface area contributed by atoms with Crippen LogP contribution in [0.4, 0.5) is 5.69 Å². The van der Waals surface area contributed by atoms with Crippen molar-refractivity contribution in [3.8, 4) is 22.9 Å². The highest BCUT2D eigenvalue weighted by molar-refractivity contribution is 6.00. The first-order valence-corrected chi connectivity index (χ1v) is 14.0. The molecule has 0 radical (unpaired) electrons. The molecule has 2 aliphatic rings. The summed E-state index contributed by atoms with van der Waals surface area (Å²) in [5.41, 5.74) is 11.1. The van der Waals surface area contributed by atoms with Crippen molar-refractivity contribution in [1.82, 2.24) is 9.88 Å². The van der Waals surface area contributed by atoms with Gasteiger partial charge in [-0.15, -0.1) is 0 Å². The van der Waals surface area contributed by atoms with Crippen LogP contribution in [0, 0.1) is 0 Å². The number of aromatic nitrogens is 1. The number of ketones is 1. The highest BCUT2D eigenvalue weighted by atomic mass is 16.5. The maximum Gasteiger partial charge on any atom is 0.225 e. The number of ether oxygens (including phenoxy) is 2. The second-order valence-corrected chi connectivity index (χ2v) is 10.2. The molecule has 7 nitrogen and oxygen atoms in total. The topological polar surface area (TPSA) is 80.9 Å². The van der Waals surface area contributed by atoms with Crippen molar-refractivity contribution in [3.63, 3.8) is 0 Å². The summed E-state index contributed by atoms with van der Waals surface area (Å²) >= 11 is 0. The number of Topliss-reactive ketones (excluding diaryl/α,β-unsaturated/α-hetero) is 1. The molecule has 2 aromatic carbocycles. The Labute approximate surface area is 236 Å². The molecular formula is C33H38N4O3. The lowest BCUT2D eigenvalue weighted by Crippen LogP contribution is -2.61. The van der Waals surface area contributed by atoms with Crippen LogP contribution >= 0.6 is 0 Å². The number of nitrogens with zero attached hydrogens (tertiary/aromatic N) is 3. The molecule has 0 bridgehead atoms. The summed E-state index contributed by atoms with van der Waals surface area (Å²) < 4.78 is 12.2. The molecule has 208 valence electrons. The van der Waals surface area contributed by atoms with E-state index in [-0.39, 0.29) is 6.04 Å². The molecule has 7 heteroatoms. The van der Waals surface area contributed by atoms with Gasteiger partial charge in [0.15, 0.2) is 5.78 Å². The van der Waals surface area contributed by atoms with Gasteiger partial charge in [-0.2, -0.15) is 4.98 Å². The fourth-order valence-corrected chi connectivity index (χ4v) is 5.06. The Hall–Kier alpha value is -3.94. The molecule has 0 spiro atoms. The maximum atomic E-state index is 11.7. The molecule has 1 aliphatic carbocycles. The van der Waals surface area contributed by atoms with E-state index in [4.69, 9.17) is 20.2 Å². The number of hydrogen-bond acceptors (Lipinski definition) is 7. The third-order valence-electron chi connectivity index (χ3n) is 7.46. The number of allylic oxidation sites excluding steroid dienone is 2. The zero-order valence-corrected chi connectivity index (χ0v) is 23.3. The van der Waals surface area contributed by atoms with E-state index in [0.717, 1.165) is 47.6 Å². The average Bonchev–Trinajstić information content (AvgIpc) is 3.70. The Morgan fingerprint density at radius 1 is 1.05 bits per heavy atom. The van der Waals surface area contributed by atoms with Gasteiger partial charge < -0.3 is 20.1 Å². The second kappa shape index (κ2) is 12.9. The zero-order valence-electron chi connectivity index (χ0n) is 23.3. The minimum absolute atomic E-state index is 0.0829. The Morgan fingerprint density at radius 3 is 2.45 bits per heavy atom. The lowest BCUT2D eigenvalue weighted by Gasteiger charge is -2.46. The summed E-state index contributed by atoms with van der Waals surface area (Å²) in [6, 6.07) is 23.0. The molecule has 1 unspecified atom stereocenters. The molecule has 0 amide bonds. The Morgan fingerprint density at radius 2 is 1.80 bits per heavy atom. The van der Waals surface area contributed by atoms with Crippen molar-refractivity contribution >= 4 is 11.5 Å². The number of anilines is 1. The smallest absolute Gasteiger partial charge is 0.225 e. The Balaban J connectivity index is 1.29. The molecule has 5 rings (SSSR count). The van der Waals surface area contributed by atoms with Crippen LogP contribution in [0.25, 0.3) is 11.1 Å². The van der Waals surface area contributed by atoms with Crippen molar-refractivity contribution in [2.24, 2.45) is 5.73 Å². The van der Waals surface area contributed by atoms with Crippen molar-refractivity contribution in [2.75, 3.05) is 37.7 Å². The van der Waals surface area contributed by atoms with E-state index in [1.54, 1.807) is 0 Å². The number of pyridine rings is 1. The van der Waals surface area contributed by atoms with Crippen molar-refractivity contribution in [3.05, 3.63) is 96.1 Å². The number of rotatable bonds is 13. The summed E-state index contributed by atoms with van der Waals surface area (Å²) in [4.78, 5) is 21.1. The van der Waals surface area contributed by atoms with Gasteiger partial charge in [0, 0.05) is 56.0 Å². The van der Waals surface area contributed by atoms with Crippen LogP contribution in [0.5, 0.6) is 11.8 Å². The molecular weight excluding hydrogens is 500 g/mol. The first-order chi connectivity index (χ1) is 19.6. The number of nitrogens with two attached hydrogens (primary N) is 1. The fraction of sp³-hybridized carbons (Fsp3) is 0.333. The molecule has 1 aliphatic heterocycles. The molecule has 1 saturated carbocycles. The Kier molecular flexibility index (Phi) is 8.94. The van der Waals surface area contributed by atoms with E-state index in [9.17, 15) is 4.79 Å². The van der Waals surface area contributed by atoms with Crippen molar-refractivity contribution in [1.29, 1.82) is 0 Å². The average molecular weight is 539 g/mol. The third-order valence-corrected chi connectivity index (χ3v) is 7.46. The van der Waals surface area contributed by atoms with Crippen LogP contribution in [0.15, 0.2) is 90.5 Å². The standard InChI is InChI=1S/C33H38N4O3/c1-3-8-24(4-2)22-39-32-16-15-29(33(35-32)40-23-25-9-6-5-7-10-25)26-11-13-27(14-12-26)36-20-28(21-36)37(18-17-34)30-19-31(30)38/h3-16,28,30H,17-23,34H2,1-2H3/b8-3-,24-4+. The molecule has 2 fully saturated rings. The minimum Gasteiger partial charge on any atom is -0.473 e. The maximum absolute atomic E-state index is 11.7. The molecule has 1 atom stereocenters. The molecule has 1 saturated heterocycles. The lowest BCUT2D eigenvalue weighted by molar-refractivity contribution is -0.112. The second-order valence-electron chi connectivity index (χ2n) is 10.2. The predicted molar refractivity (Wildman–Crippen MR) is 160 cm³/mol.